The third-order valence-electron chi connectivity index (χ3n) is 2.79. The van der Waals surface area contributed by atoms with Crippen molar-refractivity contribution in [1.82, 2.24) is 10.1 Å². The normalized spacial score (nSPS) is 10.4. The Balaban J connectivity index is 0.000000381. The molecule has 2 aromatic rings. The minimum absolute atomic E-state index is 0.234. The van der Waals surface area contributed by atoms with E-state index >= 15 is 0 Å². The second kappa shape index (κ2) is 9.30. The molecule has 7 nitrogen and oxygen atoms in total. The van der Waals surface area contributed by atoms with E-state index in [0.717, 1.165) is 11.1 Å². The summed E-state index contributed by atoms with van der Waals surface area (Å²) in [6, 6.07) is 5.81. The van der Waals surface area contributed by atoms with E-state index in [9.17, 15) is 18.0 Å². The molecular weight excluding hydrogens is 343 g/mol. The quantitative estimate of drug-likeness (QED) is 0.577. The van der Waals surface area contributed by atoms with Crippen LogP contribution in [0.25, 0.3) is 11.1 Å². The van der Waals surface area contributed by atoms with Crippen molar-refractivity contribution in [1.29, 1.82) is 0 Å². The Morgan fingerprint density at radius 2 is 1.80 bits per heavy atom. The van der Waals surface area contributed by atoms with Gasteiger partial charge in [0.25, 0.3) is 0 Å². The topological polar surface area (TPSA) is 96.1 Å². The maximum atomic E-state index is 11.0. The SMILES string of the molecule is COC(=O)CC[n+]1ccc(-c2ccncc2)cn1.O=C([O-])C(F)(F)F. The van der Waals surface area contributed by atoms with Crippen molar-refractivity contribution >= 4 is 11.9 Å². The smallest absolute Gasteiger partial charge is 0.430 e. The fraction of sp³-hybridized carbons (Fsp3) is 0.267. The lowest BCUT2D eigenvalue weighted by atomic mass is 10.1. The number of esters is 1. The van der Waals surface area contributed by atoms with Gasteiger partial charge in [0.05, 0.1) is 7.11 Å². The van der Waals surface area contributed by atoms with Gasteiger partial charge in [0, 0.05) is 24.0 Å². The molecule has 0 radical (unpaired) electrons. The molecule has 0 aromatic carbocycles. The minimum Gasteiger partial charge on any atom is -0.542 e. The third kappa shape index (κ3) is 7.38. The van der Waals surface area contributed by atoms with E-state index < -0.39 is 12.1 Å². The summed E-state index contributed by atoms with van der Waals surface area (Å²) in [6.07, 6.45) is 2.23. The lowest BCUT2D eigenvalue weighted by Gasteiger charge is -2.03. The van der Waals surface area contributed by atoms with Gasteiger partial charge in [-0.1, -0.05) is 4.68 Å². The summed E-state index contributed by atoms with van der Waals surface area (Å²) in [7, 11) is 1.38. The molecule has 0 unspecified atom stereocenters. The largest absolute Gasteiger partial charge is 0.542 e. The highest BCUT2D eigenvalue weighted by Crippen LogP contribution is 2.14. The number of pyridine rings is 1. The van der Waals surface area contributed by atoms with Gasteiger partial charge in [-0.25, -0.2) is 0 Å². The van der Waals surface area contributed by atoms with E-state index in [1.165, 1.54) is 7.11 Å². The maximum absolute atomic E-state index is 11.0. The third-order valence-corrected chi connectivity index (χ3v) is 2.79. The molecule has 2 rings (SSSR count). The molecule has 134 valence electrons. The van der Waals surface area contributed by atoms with E-state index in [0.29, 0.717) is 13.0 Å². The van der Waals surface area contributed by atoms with E-state index in [2.05, 4.69) is 14.8 Å². The van der Waals surface area contributed by atoms with E-state index in [4.69, 9.17) is 9.90 Å². The van der Waals surface area contributed by atoms with Crippen LogP contribution in [0.2, 0.25) is 0 Å². The first kappa shape index (κ1) is 20.0. The van der Waals surface area contributed by atoms with Crippen LogP contribution in [-0.4, -0.2) is 35.3 Å². The molecule has 0 aliphatic heterocycles. The number of methoxy groups -OCH3 is 1. The summed E-state index contributed by atoms with van der Waals surface area (Å²) in [5, 5.41) is 13.0. The number of hydrogen-bond acceptors (Lipinski definition) is 6. The van der Waals surface area contributed by atoms with Crippen molar-refractivity contribution < 1.29 is 37.3 Å². The van der Waals surface area contributed by atoms with Crippen molar-refractivity contribution in [2.45, 2.75) is 19.1 Å². The van der Waals surface area contributed by atoms with Crippen LogP contribution < -0.4 is 9.79 Å². The Morgan fingerprint density at radius 1 is 1.20 bits per heavy atom. The first-order valence-electron chi connectivity index (χ1n) is 6.85. The molecule has 0 aliphatic rings. The van der Waals surface area contributed by atoms with Crippen LogP contribution in [0.15, 0.2) is 43.0 Å². The second-order valence-electron chi connectivity index (χ2n) is 4.53. The maximum Gasteiger partial charge on any atom is 0.430 e. The van der Waals surface area contributed by atoms with Gasteiger partial charge in [-0.15, -0.1) is 0 Å². The Bertz CT molecular complexity index is 691. The molecule has 0 spiro atoms. The van der Waals surface area contributed by atoms with Crippen LogP contribution in [-0.2, 0) is 20.9 Å². The van der Waals surface area contributed by atoms with Gasteiger partial charge >= 0.3 is 12.1 Å². The zero-order valence-corrected chi connectivity index (χ0v) is 13.1. The van der Waals surface area contributed by atoms with Gasteiger partial charge in [0.15, 0.2) is 12.7 Å². The molecular formula is C15H14F3N3O4. The zero-order chi connectivity index (χ0) is 18.9. The molecule has 2 heterocycles. The van der Waals surface area contributed by atoms with Gasteiger partial charge in [-0.3, -0.25) is 9.78 Å². The fourth-order valence-corrected chi connectivity index (χ4v) is 1.54. The predicted molar refractivity (Wildman–Crippen MR) is 75.4 cm³/mol. The van der Waals surface area contributed by atoms with Crippen molar-refractivity contribution in [3.8, 4) is 11.1 Å². The van der Waals surface area contributed by atoms with Crippen LogP contribution in [0.5, 0.6) is 0 Å². The van der Waals surface area contributed by atoms with E-state index in [1.54, 1.807) is 23.3 Å². The number of carbonyl (C=O) groups excluding carboxylic acids is 2. The molecule has 25 heavy (non-hydrogen) atoms. The number of hydrogen-bond donors (Lipinski definition) is 0. The molecule has 0 saturated carbocycles. The Kier molecular flexibility index (Phi) is 7.44. The molecule has 0 bridgehead atoms. The van der Waals surface area contributed by atoms with E-state index in [-0.39, 0.29) is 5.97 Å². The summed E-state index contributed by atoms with van der Waals surface area (Å²) < 4.78 is 37.8. The summed E-state index contributed by atoms with van der Waals surface area (Å²) in [4.78, 5) is 23.8. The fourth-order valence-electron chi connectivity index (χ4n) is 1.54. The number of aryl methyl sites for hydroxylation is 1. The standard InChI is InChI=1S/C13H14N3O2.C2HF3O2/c1-18-13(17)5-9-16-8-4-12(10-15-16)11-2-6-14-7-3-11;3-2(4,5)1(6)7/h2-4,6-8,10H,5,9H2,1H3;(H,6,7)/q+1;/p-1. The van der Waals surface area contributed by atoms with Crippen molar-refractivity contribution in [2.24, 2.45) is 0 Å². The molecule has 0 saturated heterocycles. The molecule has 0 atom stereocenters. The first-order valence-corrected chi connectivity index (χ1v) is 6.85. The monoisotopic (exact) mass is 357 g/mol. The Hall–Kier alpha value is -3.04. The van der Waals surface area contributed by atoms with Crippen LogP contribution >= 0.6 is 0 Å². The molecule has 0 fully saturated rings. The van der Waals surface area contributed by atoms with Crippen LogP contribution in [0.3, 0.4) is 0 Å². The van der Waals surface area contributed by atoms with Crippen molar-refractivity contribution in [2.75, 3.05) is 7.11 Å². The lowest BCUT2D eigenvalue weighted by molar-refractivity contribution is -0.752. The first-order chi connectivity index (χ1) is 11.7. The minimum atomic E-state index is -5.19. The highest BCUT2D eigenvalue weighted by molar-refractivity contribution is 5.70. The number of nitrogens with zero attached hydrogens (tertiary/aromatic N) is 3. The van der Waals surface area contributed by atoms with Gasteiger partial charge in [0.2, 0.25) is 0 Å². The lowest BCUT2D eigenvalue weighted by Crippen LogP contribution is -2.38. The average molecular weight is 357 g/mol. The number of aliphatic carboxylic acids is 1. The van der Waals surface area contributed by atoms with Crippen LogP contribution in [0.1, 0.15) is 6.42 Å². The second-order valence-corrected chi connectivity index (χ2v) is 4.53. The zero-order valence-electron chi connectivity index (χ0n) is 13.1. The molecule has 10 heteroatoms. The number of carboxylic acid groups (broad SMARTS) is 1. The summed E-state index contributed by atoms with van der Waals surface area (Å²) in [6.45, 7) is 0.517. The number of halogens is 3. The number of carbonyl (C=O) groups is 2. The number of rotatable bonds is 4. The Labute approximate surface area is 140 Å². The van der Waals surface area contributed by atoms with Crippen LogP contribution in [0.4, 0.5) is 13.2 Å². The predicted octanol–water partition coefficient (Wildman–Crippen LogP) is 0.293. The number of carboxylic acids is 1. The average Bonchev–Trinajstić information content (AvgIpc) is 2.60. The van der Waals surface area contributed by atoms with Gasteiger partial charge < -0.3 is 14.6 Å². The summed E-state index contributed by atoms with van der Waals surface area (Å²) in [5.74, 6) is -3.24. The van der Waals surface area contributed by atoms with Gasteiger partial charge in [-0.2, -0.15) is 13.2 Å². The number of alkyl halides is 3. The Morgan fingerprint density at radius 3 is 2.24 bits per heavy atom. The van der Waals surface area contributed by atoms with Gasteiger partial charge in [0.1, 0.15) is 18.6 Å². The molecule has 2 aromatic heterocycles. The van der Waals surface area contributed by atoms with Crippen LogP contribution in [0, 0.1) is 0 Å². The highest BCUT2D eigenvalue weighted by atomic mass is 19.4. The number of ether oxygens (including phenoxy) is 1. The van der Waals surface area contributed by atoms with Crippen molar-refractivity contribution in [3.63, 3.8) is 0 Å². The summed E-state index contributed by atoms with van der Waals surface area (Å²) in [5.41, 5.74) is 2.09. The van der Waals surface area contributed by atoms with Crippen molar-refractivity contribution in [3.05, 3.63) is 43.0 Å². The molecule has 0 aliphatic carbocycles. The van der Waals surface area contributed by atoms with Gasteiger partial charge in [-0.05, 0) is 22.8 Å². The highest BCUT2D eigenvalue weighted by Gasteiger charge is 2.28. The number of aromatic nitrogens is 3. The molecule has 0 amide bonds. The van der Waals surface area contributed by atoms with E-state index in [1.807, 2.05) is 24.4 Å². The summed E-state index contributed by atoms with van der Waals surface area (Å²) >= 11 is 0. The molecule has 0 N–H and O–H groups in total.